The largest absolute Gasteiger partial charge is 0.467 e. The lowest BCUT2D eigenvalue weighted by molar-refractivity contribution is -0.162. The maximum atomic E-state index is 11.8. The Labute approximate surface area is 106 Å². The third-order valence-electron chi connectivity index (χ3n) is 2.64. The van der Waals surface area contributed by atoms with Crippen molar-refractivity contribution in [2.45, 2.75) is 25.3 Å². The van der Waals surface area contributed by atoms with Crippen LogP contribution in [0.4, 0.5) is 0 Å². The van der Waals surface area contributed by atoms with Crippen LogP contribution in [0.25, 0.3) is 0 Å². The molecular formula is C12H16N2O4. The summed E-state index contributed by atoms with van der Waals surface area (Å²) in [6.07, 6.45) is 1.59. The molecule has 1 heterocycles. The minimum Gasteiger partial charge on any atom is -0.467 e. The number of hydrogen-bond acceptors (Lipinski definition) is 6. The molecule has 6 heteroatoms. The van der Waals surface area contributed by atoms with Crippen molar-refractivity contribution >= 4 is 11.9 Å². The van der Waals surface area contributed by atoms with Crippen molar-refractivity contribution in [3.8, 4) is 11.8 Å². The Morgan fingerprint density at radius 3 is 2.44 bits per heavy atom. The third-order valence-corrected chi connectivity index (χ3v) is 2.64. The van der Waals surface area contributed by atoms with Gasteiger partial charge in [0.15, 0.2) is 0 Å². The van der Waals surface area contributed by atoms with E-state index in [4.69, 9.17) is 0 Å². The van der Waals surface area contributed by atoms with Crippen molar-refractivity contribution in [1.82, 2.24) is 0 Å². The first-order chi connectivity index (χ1) is 8.63. The van der Waals surface area contributed by atoms with Gasteiger partial charge in [-0.1, -0.05) is 12.8 Å². The lowest BCUT2D eigenvalue weighted by atomic mass is 9.85. The Bertz CT molecular complexity index is 404. The number of nitrogens with zero attached hydrogens (tertiary/aromatic N) is 2. The fourth-order valence-corrected chi connectivity index (χ4v) is 1.67. The molecule has 0 saturated carbocycles. The molecule has 0 bridgehead atoms. The van der Waals surface area contributed by atoms with Gasteiger partial charge in [-0.15, -0.1) is 5.92 Å². The molecule has 0 N–H and O–H groups in total. The first-order valence-electron chi connectivity index (χ1n) is 5.67. The summed E-state index contributed by atoms with van der Waals surface area (Å²) in [6, 6.07) is 0. The molecule has 1 atom stereocenters. The van der Waals surface area contributed by atoms with Gasteiger partial charge in [0.25, 0.3) is 5.54 Å². The zero-order valence-electron chi connectivity index (χ0n) is 10.7. The summed E-state index contributed by atoms with van der Waals surface area (Å²) >= 11 is 0. The predicted octanol–water partition coefficient (Wildman–Crippen LogP) is 0.957. The summed E-state index contributed by atoms with van der Waals surface area (Å²) in [5.74, 6) is 3.58. The van der Waals surface area contributed by atoms with Crippen molar-refractivity contribution in [2.24, 2.45) is 16.1 Å². The Kier molecular flexibility index (Phi) is 4.84. The topological polar surface area (TPSA) is 77.3 Å². The molecule has 18 heavy (non-hydrogen) atoms. The molecule has 0 radical (unpaired) electrons. The number of esters is 2. The highest BCUT2D eigenvalue weighted by Gasteiger charge is 2.58. The van der Waals surface area contributed by atoms with Crippen molar-refractivity contribution in [2.75, 3.05) is 20.8 Å². The lowest BCUT2D eigenvalue weighted by Gasteiger charge is -2.22. The number of rotatable bonds is 3. The Morgan fingerprint density at radius 1 is 1.33 bits per heavy atom. The lowest BCUT2D eigenvalue weighted by Crippen LogP contribution is -2.50. The first kappa shape index (κ1) is 14.2. The minimum absolute atomic E-state index is 0.195. The van der Waals surface area contributed by atoms with Crippen molar-refractivity contribution < 1.29 is 19.1 Å². The van der Waals surface area contributed by atoms with E-state index in [0.29, 0.717) is 6.42 Å². The molecule has 0 aromatic heterocycles. The number of ether oxygens (including phenoxy) is 2. The average Bonchev–Trinajstić information content (AvgIpc) is 2.82. The summed E-state index contributed by atoms with van der Waals surface area (Å²) in [5, 5.41) is 7.50. The highest BCUT2D eigenvalue weighted by molar-refractivity contribution is 6.06. The predicted molar refractivity (Wildman–Crippen MR) is 62.7 cm³/mol. The maximum Gasteiger partial charge on any atom is 0.348 e. The Morgan fingerprint density at radius 2 is 1.94 bits per heavy atom. The zero-order valence-corrected chi connectivity index (χ0v) is 10.7. The summed E-state index contributed by atoms with van der Waals surface area (Å²) in [5.41, 5.74) is -1.76. The van der Waals surface area contributed by atoms with Gasteiger partial charge in [-0.3, -0.25) is 0 Å². The minimum atomic E-state index is -1.76. The summed E-state index contributed by atoms with van der Waals surface area (Å²) in [6.45, 7) is 2.19. The fourth-order valence-electron chi connectivity index (χ4n) is 1.67. The standard InChI is InChI=1S/C12H16N2O4/c1-4-5-6-7-9-8-13-14-12(9,10(15)17-2)11(16)18-3/h9H,4-5,8H2,1-3H3. The highest BCUT2D eigenvalue weighted by Crippen LogP contribution is 2.31. The van der Waals surface area contributed by atoms with Gasteiger partial charge in [0.05, 0.1) is 26.7 Å². The normalized spacial score (nSPS) is 19.8. The second-order valence-electron chi connectivity index (χ2n) is 3.80. The van der Waals surface area contributed by atoms with Crippen LogP contribution in [-0.2, 0) is 19.1 Å². The second-order valence-corrected chi connectivity index (χ2v) is 3.80. The maximum absolute atomic E-state index is 11.8. The molecule has 98 valence electrons. The highest BCUT2D eigenvalue weighted by atomic mass is 16.5. The molecular weight excluding hydrogens is 236 g/mol. The summed E-state index contributed by atoms with van der Waals surface area (Å²) in [4.78, 5) is 23.7. The van der Waals surface area contributed by atoms with E-state index in [2.05, 4.69) is 31.5 Å². The number of methoxy groups -OCH3 is 2. The van der Waals surface area contributed by atoms with Crippen molar-refractivity contribution in [1.29, 1.82) is 0 Å². The van der Waals surface area contributed by atoms with E-state index in [1.807, 2.05) is 6.92 Å². The van der Waals surface area contributed by atoms with Gasteiger partial charge in [0.1, 0.15) is 0 Å². The van der Waals surface area contributed by atoms with E-state index in [9.17, 15) is 9.59 Å². The molecule has 1 unspecified atom stereocenters. The molecule has 0 spiro atoms. The quantitative estimate of drug-likeness (QED) is 0.426. The van der Waals surface area contributed by atoms with Crippen LogP contribution < -0.4 is 0 Å². The van der Waals surface area contributed by atoms with E-state index >= 15 is 0 Å². The van der Waals surface area contributed by atoms with Gasteiger partial charge in [-0.05, 0) is 6.42 Å². The number of hydrogen-bond donors (Lipinski definition) is 0. The first-order valence-corrected chi connectivity index (χ1v) is 5.67. The molecule has 6 nitrogen and oxygen atoms in total. The van der Waals surface area contributed by atoms with E-state index in [1.54, 1.807) is 0 Å². The van der Waals surface area contributed by atoms with Crippen LogP contribution in [0.2, 0.25) is 0 Å². The van der Waals surface area contributed by atoms with Gasteiger partial charge in [0, 0.05) is 6.42 Å². The molecule has 1 rings (SSSR count). The van der Waals surface area contributed by atoms with E-state index in [1.165, 1.54) is 14.2 Å². The van der Waals surface area contributed by atoms with Crippen LogP contribution in [0.3, 0.4) is 0 Å². The van der Waals surface area contributed by atoms with Crippen LogP contribution in [0, 0.1) is 17.8 Å². The summed E-state index contributed by atoms with van der Waals surface area (Å²) < 4.78 is 9.27. The number of carbonyl (C=O) groups excluding carboxylic acids is 2. The molecule has 0 amide bonds. The van der Waals surface area contributed by atoms with Crippen LogP contribution in [0.15, 0.2) is 10.2 Å². The zero-order chi connectivity index (χ0) is 13.6. The average molecular weight is 252 g/mol. The van der Waals surface area contributed by atoms with Gasteiger partial charge < -0.3 is 9.47 Å². The van der Waals surface area contributed by atoms with Gasteiger partial charge >= 0.3 is 11.9 Å². The number of azo groups is 1. The smallest absolute Gasteiger partial charge is 0.348 e. The van der Waals surface area contributed by atoms with Gasteiger partial charge in [-0.25, -0.2) is 9.59 Å². The van der Waals surface area contributed by atoms with Crippen LogP contribution in [0.5, 0.6) is 0 Å². The molecule has 0 aliphatic carbocycles. The van der Waals surface area contributed by atoms with E-state index < -0.39 is 23.4 Å². The Balaban J connectivity index is 3.09. The SMILES string of the molecule is CCCC#CC1CN=NC1(C(=O)OC)C(=O)OC. The fraction of sp³-hybridized carbons (Fsp3) is 0.667. The van der Waals surface area contributed by atoms with Crippen molar-refractivity contribution in [3.63, 3.8) is 0 Å². The number of carbonyl (C=O) groups is 2. The number of unbranched alkanes of at least 4 members (excludes halogenated alkanes) is 1. The molecule has 0 fully saturated rings. The molecule has 1 aliphatic rings. The van der Waals surface area contributed by atoms with Crippen molar-refractivity contribution in [3.05, 3.63) is 0 Å². The monoisotopic (exact) mass is 252 g/mol. The van der Waals surface area contributed by atoms with Crippen LogP contribution in [0.1, 0.15) is 19.8 Å². The molecule has 0 aromatic carbocycles. The van der Waals surface area contributed by atoms with E-state index in [-0.39, 0.29) is 6.54 Å². The Hall–Kier alpha value is -1.90. The summed E-state index contributed by atoms with van der Waals surface area (Å²) in [7, 11) is 2.38. The van der Waals surface area contributed by atoms with Crippen LogP contribution in [-0.4, -0.2) is 38.2 Å². The second kappa shape index (κ2) is 6.15. The third kappa shape index (κ3) is 2.35. The van der Waals surface area contributed by atoms with Crippen LogP contribution >= 0.6 is 0 Å². The molecule has 0 aromatic rings. The van der Waals surface area contributed by atoms with Gasteiger partial charge in [0.2, 0.25) is 0 Å². The van der Waals surface area contributed by atoms with E-state index in [0.717, 1.165) is 6.42 Å². The molecule has 1 aliphatic heterocycles. The van der Waals surface area contributed by atoms with Gasteiger partial charge in [-0.2, -0.15) is 10.2 Å². The molecule has 0 saturated heterocycles.